The Bertz CT molecular complexity index is 580. The Hall–Kier alpha value is -1.44. The van der Waals surface area contributed by atoms with Crippen LogP contribution in [0, 0.1) is 20.6 Å². The molecular formula is C12H11IN2O3. The summed E-state index contributed by atoms with van der Waals surface area (Å²) >= 11 is 2.25. The Morgan fingerprint density at radius 1 is 1.39 bits per heavy atom. The molecule has 6 heteroatoms. The molecule has 0 aliphatic carbocycles. The lowest BCUT2D eigenvalue weighted by molar-refractivity contribution is -0.386. The number of aryl methyl sites for hydroxylation is 3. The molecule has 0 unspecified atom stereocenters. The predicted octanol–water partition coefficient (Wildman–Crippen LogP) is 3.28. The standard InChI is InChI=1S/C12H11IN2O3/c1-8-12(15(16)17)11(18-14-8)7-6-9-4-2-3-5-10(9)13/h2-5H,6-7H2,1H3. The molecule has 0 saturated carbocycles. The number of aromatic nitrogens is 1. The Kier molecular flexibility index (Phi) is 3.95. The minimum atomic E-state index is -0.433. The first-order chi connectivity index (χ1) is 8.59. The van der Waals surface area contributed by atoms with Gasteiger partial charge < -0.3 is 4.52 Å². The number of rotatable bonds is 4. The third-order valence-electron chi connectivity index (χ3n) is 2.66. The zero-order chi connectivity index (χ0) is 13.1. The second-order valence-electron chi connectivity index (χ2n) is 3.89. The maximum Gasteiger partial charge on any atom is 0.334 e. The summed E-state index contributed by atoms with van der Waals surface area (Å²) in [5.41, 5.74) is 1.49. The highest BCUT2D eigenvalue weighted by Crippen LogP contribution is 2.24. The summed E-state index contributed by atoms with van der Waals surface area (Å²) < 4.78 is 6.17. The molecule has 1 aromatic heterocycles. The van der Waals surface area contributed by atoms with Crippen molar-refractivity contribution in [3.05, 3.63) is 55.0 Å². The Labute approximate surface area is 117 Å². The van der Waals surface area contributed by atoms with Gasteiger partial charge in [0.15, 0.2) is 5.69 Å². The van der Waals surface area contributed by atoms with E-state index in [2.05, 4.69) is 27.7 Å². The van der Waals surface area contributed by atoms with Crippen LogP contribution in [0.3, 0.4) is 0 Å². The third kappa shape index (κ3) is 2.69. The summed E-state index contributed by atoms with van der Waals surface area (Å²) in [6.07, 6.45) is 1.19. The minimum Gasteiger partial charge on any atom is -0.354 e. The van der Waals surface area contributed by atoms with Gasteiger partial charge in [-0.25, -0.2) is 0 Å². The topological polar surface area (TPSA) is 69.2 Å². The van der Waals surface area contributed by atoms with Crippen molar-refractivity contribution in [1.29, 1.82) is 0 Å². The molecule has 0 amide bonds. The first-order valence-corrected chi connectivity index (χ1v) is 6.50. The molecule has 0 radical (unpaired) electrons. The van der Waals surface area contributed by atoms with Crippen molar-refractivity contribution < 1.29 is 9.45 Å². The summed E-state index contributed by atoms with van der Waals surface area (Å²) in [6.45, 7) is 1.58. The van der Waals surface area contributed by atoms with E-state index in [1.807, 2.05) is 24.3 Å². The Morgan fingerprint density at radius 3 is 2.78 bits per heavy atom. The van der Waals surface area contributed by atoms with Crippen molar-refractivity contribution >= 4 is 28.3 Å². The summed E-state index contributed by atoms with van der Waals surface area (Å²) in [4.78, 5) is 10.5. The van der Waals surface area contributed by atoms with Gasteiger partial charge in [0, 0.05) is 9.99 Å². The number of hydrogen-bond acceptors (Lipinski definition) is 4. The molecular weight excluding hydrogens is 347 g/mol. The molecule has 18 heavy (non-hydrogen) atoms. The smallest absolute Gasteiger partial charge is 0.334 e. The first kappa shape index (κ1) is 13.0. The monoisotopic (exact) mass is 358 g/mol. The molecule has 0 fully saturated rings. The van der Waals surface area contributed by atoms with E-state index in [0.717, 1.165) is 9.13 Å². The van der Waals surface area contributed by atoms with E-state index >= 15 is 0 Å². The summed E-state index contributed by atoms with van der Waals surface area (Å²) in [7, 11) is 0. The number of nitro groups is 1. The molecule has 0 aliphatic rings. The van der Waals surface area contributed by atoms with Gasteiger partial charge in [-0.05, 0) is 47.6 Å². The number of hydrogen-bond donors (Lipinski definition) is 0. The molecule has 0 spiro atoms. The normalized spacial score (nSPS) is 10.6. The Balaban J connectivity index is 2.16. The number of benzene rings is 1. The van der Waals surface area contributed by atoms with Crippen LogP contribution in [0.15, 0.2) is 28.8 Å². The van der Waals surface area contributed by atoms with E-state index in [9.17, 15) is 10.1 Å². The lowest BCUT2D eigenvalue weighted by Crippen LogP contribution is -1.97. The van der Waals surface area contributed by atoms with Crippen LogP contribution in [-0.2, 0) is 12.8 Å². The van der Waals surface area contributed by atoms with Gasteiger partial charge in [-0.1, -0.05) is 23.4 Å². The summed E-state index contributed by atoms with van der Waals surface area (Å²) in [6, 6.07) is 7.94. The zero-order valence-electron chi connectivity index (χ0n) is 9.72. The highest BCUT2D eigenvalue weighted by Gasteiger charge is 2.23. The highest BCUT2D eigenvalue weighted by atomic mass is 127. The van der Waals surface area contributed by atoms with Crippen molar-refractivity contribution in [1.82, 2.24) is 5.16 Å². The van der Waals surface area contributed by atoms with Crippen molar-refractivity contribution in [2.24, 2.45) is 0 Å². The number of halogens is 1. The lowest BCUT2D eigenvalue weighted by Gasteiger charge is -2.01. The lowest BCUT2D eigenvalue weighted by atomic mass is 10.1. The molecule has 1 heterocycles. The van der Waals surface area contributed by atoms with Gasteiger partial charge in [0.2, 0.25) is 5.76 Å². The summed E-state index contributed by atoms with van der Waals surface area (Å²) in [5, 5.41) is 14.5. The Morgan fingerprint density at radius 2 is 2.11 bits per heavy atom. The van der Waals surface area contributed by atoms with Crippen LogP contribution in [0.25, 0.3) is 0 Å². The van der Waals surface area contributed by atoms with Crippen LogP contribution in [0.2, 0.25) is 0 Å². The van der Waals surface area contributed by atoms with Gasteiger partial charge in [0.25, 0.3) is 0 Å². The van der Waals surface area contributed by atoms with E-state index in [1.165, 1.54) is 0 Å². The van der Waals surface area contributed by atoms with Crippen molar-refractivity contribution in [3.8, 4) is 0 Å². The molecule has 0 saturated heterocycles. The molecule has 0 atom stereocenters. The number of nitrogens with zero attached hydrogens (tertiary/aromatic N) is 2. The highest BCUT2D eigenvalue weighted by molar-refractivity contribution is 14.1. The molecule has 5 nitrogen and oxygen atoms in total. The maximum atomic E-state index is 10.9. The molecule has 0 N–H and O–H groups in total. The first-order valence-electron chi connectivity index (χ1n) is 5.42. The fraction of sp³-hybridized carbons (Fsp3) is 0.250. The summed E-state index contributed by atoms with van der Waals surface area (Å²) in [5.74, 6) is 0.345. The molecule has 0 bridgehead atoms. The van der Waals surface area contributed by atoms with Gasteiger partial charge in [-0.2, -0.15) is 0 Å². The fourth-order valence-electron chi connectivity index (χ4n) is 1.76. The van der Waals surface area contributed by atoms with Gasteiger partial charge in [-0.15, -0.1) is 0 Å². The average Bonchev–Trinajstić information content (AvgIpc) is 2.69. The molecule has 2 aromatic rings. The van der Waals surface area contributed by atoms with Gasteiger partial charge >= 0.3 is 5.69 Å². The predicted molar refractivity (Wildman–Crippen MR) is 74.5 cm³/mol. The van der Waals surface area contributed by atoms with Gasteiger partial charge in [0.1, 0.15) is 0 Å². The maximum absolute atomic E-state index is 10.9. The quantitative estimate of drug-likeness (QED) is 0.478. The van der Waals surface area contributed by atoms with E-state index < -0.39 is 4.92 Å². The van der Waals surface area contributed by atoms with E-state index in [-0.39, 0.29) is 5.69 Å². The van der Waals surface area contributed by atoms with Crippen LogP contribution in [-0.4, -0.2) is 10.1 Å². The van der Waals surface area contributed by atoms with Crippen molar-refractivity contribution in [2.75, 3.05) is 0 Å². The van der Waals surface area contributed by atoms with E-state index in [0.29, 0.717) is 24.3 Å². The fourth-order valence-corrected chi connectivity index (χ4v) is 2.42. The van der Waals surface area contributed by atoms with Crippen LogP contribution in [0.1, 0.15) is 17.0 Å². The second-order valence-corrected chi connectivity index (χ2v) is 5.05. The molecule has 1 aromatic carbocycles. The van der Waals surface area contributed by atoms with E-state index in [1.54, 1.807) is 6.92 Å². The van der Waals surface area contributed by atoms with Crippen molar-refractivity contribution in [3.63, 3.8) is 0 Å². The largest absolute Gasteiger partial charge is 0.354 e. The average molecular weight is 358 g/mol. The van der Waals surface area contributed by atoms with Gasteiger partial charge in [-0.3, -0.25) is 10.1 Å². The van der Waals surface area contributed by atoms with Gasteiger partial charge in [0.05, 0.1) is 4.92 Å². The third-order valence-corrected chi connectivity index (χ3v) is 3.71. The molecule has 0 aliphatic heterocycles. The van der Waals surface area contributed by atoms with E-state index in [4.69, 9.17) is 4.52 Å². The molecule has 2 rings (SSSR count). The van der Waals surface area contributed by atoms with Crippen LogP contribution in [0.4, 0.5) is 5.69 Å². The van der Waals surface area contributed by atoms with Crippen LogP contribution >= 0.6 is 22.6 Å². The minimum absolute atomic E-state index is 0.000870. The SMILES string of the molecule is Cc1noc(CCc2ccccc2I)c1[N+](=O)[O-]. The van der Waals surface area contributed by atoms with Crippen LogP contribution in [0.5, 0.6) is 0 Å². The second kappa shape index (κ2) is 5.47. The zero-order valence-corrected chi connectivity index (χ0v) is 11.9. The van der Waals surface area contributed by atoms with Crippen molar-refractivity contribution in [2.45, 2.75) is 19.8 Å². The van der Waals surface area contributed by atoms with Crippen LogP contribution < -0.4 is 0 Å². The molecule has 94 valence electrons.